The van der Waals surface area contributed by atoms with Crippen molar-refractivity contribution in [2.75, 3.05) is 0 Å². The Bertz CT molecular complexity index is 1200. The third kappa shape index (κ3) is 4.60. The monoisotopic (exact) mass is 413 g/mol. The quantitative estimate of drug-likeness (QED) is 0.322. The number of aliphatic hydroxyl groups excluding tert-OH is 1. The van der Waals surface area contributed by atoms with Crippen molar-refractivity contribution in [3.63, 3.8) is 0 Å². The predicted molar refractivity (Wildman–Crippen MR) is 120 cm³/mol. The first-order valence-corrected chi connectivity index (χ1v) is 10.1. The minimum Gasteiger partial charge on any atom is -0.393 e. The fourth-order valence-corrected chi connectivity index (χ4v) is 3.54. The Kier molecular flexibility index (Phi) is 6.02. The number of hydroxylamine groups is 1. The van der Waals surface area contributed by atoms with E-state index in [9.17, 15) is 9.90 Å². The number of fused-ring (bicyclic) bond motifs is 1. The maximum atomic E-state index is 12.1. The van der Waals surface area contributed by atoms with Crippen molar-refractivity contribution >= 4 is 16.8 Å². The highest BCUT2D eigenvalue weighted by Gasteiger charge is 2.14. The molecule has 3 N–H and O–H groups in total. The molecule has 1 amide bonds. The molecule has 2 aromatic carbocycles. The maximum Gasteiger partial charge on any atom is 0.275 e. The van der Waals surface area contributed by atoms with Crippen LogP contribution in [0.4, 0.5) is 0 Å². The summed E-state index contributed by atoms with van der Waals surface area (Å²) in [6.07, 6.45) is 4.48. The number of amides is 1. The largest absolute Gasteiger partial charge is 0.393 e. The van der Waals surface area contributed by atoms with E-state index in [1.807, 2.05) is 24.3 Å². The molecule has 0 bridgehead atoms. The molecule has 6 nitrogen and oxygen atoms in total. The van der Waals surface area contributed by atoms with E-state index in [4.69, 9.17) is 5.21 Å². The predicted octanol–water partition coefficient (Wildman–Crippen LogP) is 4.40. The van der Waals surface area contributed by atoms with Gasteiger partial charge in [-0.05, 0) is 48.6 Å². The topological polar surface area (TPSA) is 95.3 Å². The van der Waals surface area contributed by atoms with Gasteiger partial charge in [-0.2, -0.15) is 0 Å². The summed E-state index contributed by atoms with van der Waals surface area (Å²) in [5.41, 5.74) is 7.51. The number of hydrogen-bond donors (Lipinski definition) is 3. The molecule has 0 radical (unpaired) electrons. The van der Waals surface area contributed by atoms with Crippen molar-refractivity contribution < 1.29 is 15.1 Å². The molecule has 4 rings (SSSR count). The van der Waals surface area contributed by atoms with Gasteiger partial charge in [-0.1, -0.05) is 48.5 Å². The van der Waals surface area contributed by atoms with E-state index < -0.39 is 5.91 Å². The van der Waals surface area contributed by atoms with Gasteiger partial charge in [0.25, 0.3) is 5.91 Å². The third-order valence-electron chi connectivity index (χ3n) is 5.28. The zero-order chi connectivity index (χ0) is 21.8. The summed E-state index contributed by atoms with van der Waals surface area (Å²) >= 11 is 0. The van der Waals surface area contributed by atoms with Gasteiger partial charge in [0.05, 0.1) is 22.9 Å². The highest BCUT2D eigenvalue weighted by Crippen LogP contribution is 2.27. The molecular formula is C25H23N3O3. The summed E-state index contributed by atoms with van der Waals surface area (Å²) < 4.78 is 0. The van der Waals surface area contributed by atoms with Crippen molar-refractivity contribution in [2.24, 2.45) is 0 Å². The minimum atomic E-state index is -0.603. The lowest BCUT2D eigenvalue weighted by atomic mass is 9.99. The van der Waals surface area contributed by atoms with Gasteiger partial charge in [0.2, 0.25) is 0 Å². The van der Waals surface area contributed by atoms with Crippen LogP contribution in [0.15, 0.2) is 73.1 Å². The van der Waals surface area contributed by atoms with Crippen LogP contribution in [0.2, 0.25) is 0 Å². The molecule has 0 fully saturated rings. The molecule has 1 unspecified atom stereocenters. The van der Waals surface area contributed by atoms with Gasteiger partial charge in [0.1, 0.15) is 0 Å². The Morgan fingerprint density at radius 3 is 2.29 bits per heavy atom. The number of nitrogens with zero attached hydrogens (tertiary/aromatic N) is 2. The summed E-state index contributed by atoms with van der Waals surface area (Å²) in [5, 5.41) is 19.1. The molecule has 0 aliphatic heterocycles. The second-order valence-corrected chi connectivity index (χ2v) is 7.55. The fourth-order valence-electron chi connectivity index (χ4n) is 3.54. The number of aliphatic hydroxyl groups is 1. The lowest BCUT2D eigenvalue weighted by Crippen LogP contribution is -2.19. The van der Waals surface area contributed by atoms with Gasteiger partial charge in [0, 0.05) is 23.3 Å². The number of carbonyl (C=O) groups excluding carboxylic acids is 1. The first-order chi connectivity index (χ1) is 15.0. The van der Waals surface area contributed by atoms with Gasteiger partial charge in [0.15, 0.2) is 0 Å². The molecule has 31 heavy (non-hydrogen) atoms. The van der Waals surface area contributed by atoms with Crippen molar-refractivity contribution in [1.82, 2.24) is 15.4 Å². The molecule has 1 atom stereocenters. The Morgan fingerprint density at radius 1 is 1.00 bits per heavy atom. The van der Waals surface area contributed by atoms with Crippen LogP contribution >= 0.6 is 0 Å². The van der Waals surface area contributed by atoms with Crippen LogP contribution in [-0.2, 0) is 6.42 Å². The molecule has 2 aromatic heterocycles. The summed E-state index contributed by atoms with van der Waals surface area (Å²) in [4.78, 5) is 20.8. The van der Waals surface area contributed by atoms with E-state index in [1.54, 1.807) is 36.9 Å². The van der Waals surface area contributed by atoms with E-state index >= 15 is 0 Å². The summed E-state index contributed by atoms with van der Waals surface area (Å²) in [6, 6.07) is 19.7. The van der Waals surface area contributed by atoms with Gasteiger partial charge in [-0.3, -0.25) is 15.0 Å². The molecule has 0 spiro atoms. The van der Waals surface area contributed by atoms with Crippen molar-refractivity contribution in [1.29, 1.82) is 0 Å². The Balaban J connectivity index is 1.62. The lowest BCUT2D eigenvalue weighted by molar-refractivity contribution is 0.0708. The molecular weight excluding hydrogens is 390 g/mol. The number of aryl methyl sites for hydroxylation is 1. The highest BCUT2D eigenvalue weighted by molar-refractivity contribution is 6.06. The number of nitrogens with one attached hydrogen (secondary N) is 1. The SMILES string of the molecule is CC(O)CCc1ccc(-c2ccc(-c3cc(C(=O)NO)c4cnccc4n3)cc2)cc1. The van der Waals surface area contributed by atoms with Gasteiger partial charge < -0.3 is 5.11 Å². The first kappa shape index (κ1) is 20.7. The van der Waals surface area contributed by atoms with Gasteiger partial charge >= 0.3 is 0 Å². The van der Waals surface area contributed by atoms with Crippen LogP contribution in [0.25, 0.3) is 33.3 Å². The van der Waals surface area contributed by atoms with Crippen molar-refractivity contribution in [2.45, 2.75) is 25.9 Å². The standard InChI is InChI=1S/C25H23N3O3/c1-16(29)2-3-17-4-6-18(7-5-17)19-8-10-20(11-9-19)24-14-21(25(30)28-31)22-15-26-13-12-23(22)27-24/h4-16,29,31H,2-3H2,1H3,(H,28,30). The number of aromatic nitrogens is 2. The number of rotatable bonds is 6. The molecule has 2 heterocycles. The van der Waals surface area contributed by atoms with Crippen LogP contribution in [0.5, 0.6) is 0 Å². The lowest BCUT2D eigenvalue weighted by Gasteiger charge is -2.09. The summed E-state index contributed by atoms with van der Waals surface area (Å²) in [7, 11) is 0. The molecule has 0 aliphatic rings. The smallest absolute Gasteiger partial charge is 0.275 e. The Hall–Kier alpha value is -3.61. The van der Waals surface area contributed by atoms with E-state index in [0.717, 1.165) is 29.5 Å². The molecule has 0 saturated heterocycles. The van der Waals surface area contributed by atoms with E-state index in [1.165, 1.54) is 5.56 Å². The third-order valence-corrected chi connectivity index (χ3v) is 5.28. The molecule has 0 saturated carbocycles. The van der Waals surface area contributed by atoms with E-state index in [2.05, 4.69) is 34.2 Å². The molecule has 4 aromatic rings. The minimum absolute atomic E-state index is 0.295. The van der Waals surface area contributed by atoms with Gasteiger partial charge in [-0.25, -0.2) is 10.5 Å². The van der Waals surface area contributed by atoms with Gasteiger partial charge in [-0.15, -0.1) is 0 Å². The first-order valence-electron chi connectivity index (χ1n) is 10.1. The summed E-state index contributed by atoms with van der Waals surface area (Å²) in [5.74, 6) is -0.603. The van der Waals surface area contributed by atoms with Crippen molar-refractivity contribution in [3.05, 3.63) is 84.2 Å². The highest BCUT2D eigenvalue weighted by atomic mass is 16.5. The van der Waals surface area contributed by atoms with Crippen LogP contribution < -0.4 is 5.48 Å². The second-order valence-electron chi connectivity index (χ2n) is 7.55. The Labute approximate surface area is 180 Å². The number of benzene rings is 2. The number of hydrogen-bond acceptors (Lipinski definition) is 5. The van der Waals surface area contributed by atoms with Crippen LogP contribution in [0.3, 0.4) is 0 Å². The van der Waals surface area contributed by atoms with Crippen LogP contribution in [0.1, 0.15) is 29.3 Å². The molecule has 6 heteroatoms. The average Bonchev–Trinajstić information content (AvgIpc) is 2.82. The molecule has 0 aliphatic carbocycles. The number of pyridine rings is 2. The zero-order valence-corrected chi connectivity index (χ0v) is 17.1. The Morgan fingerprint density at radius 2 is 1.65 bits per heavy atom. The maximum absolute atomic E-state index is 12.1. The van der Waals surface area contributed by atoms with Crippen LogP contribution in [0, 0.1) is 0 Å². The zero-order valence-electron chi connectivity index (χ0n) is 17.1. The fraction of sp³-hybridized carbons (Fsp3) is 0.160. The second kappa shape index (κ2) is 9.04. The summed E-state index contributed by atoms with van der Waals surface area (Å²) in [6.45, 7) is 1.80. The van der Waals surface area contributed by atoms with Crippen LogP contribution in [-0.4, -0.2) is 32.3 Å². The molecule has 156 valence electrons. The van der Waals surface area contributed by atoms with E-state index in [-0.39, 0.29) is 6.10 Å². The average molecular weight is 413 g/mol. The number of carbonyl (C=O) groups is 1. The normalized spacial score (nSPS) is 12.0. The van der Waals surface area contributed by atoms with E-state index in [0.29, 0.717) is 22.2 Å². The van der Waals surface area contributed by atoms with Crippen molar-refractivity contribution in [3.8, 4) is 22.4 Å².